The molecule has 0 aromatic heterocycles. The predicted molar refractivity (Wildman–Crippen MR) is 35.8 cm³/mol. The third kappa shape index (κ3) is 1.21. The molecule has 54 valence electrons. The second kappa shape index (κ2) is 2.62. The molecule has 0 aliphatic heterocycles. The fraction of sp³-hybridized carbons (Fsp3) is 1.00. The smallest absolute Gasteiger partial charge is 0.0937 e. The lowest BCUT2D eigenvalue weighted by Crippen LogP contribution is -2.60. The number of hydrogen-bond acceptors (Lipinski definition) is 4. The molecular formula is C5H14N4. The van der Waals surface area contributed by atoms with Gasteiger partial charge in [-0.15, -0.1) is 0 Å². The summed E-state index contributed by atoms with van der Waals surface area (Å²) in [6.07, 6.45) is 4.46. The molecule has 4 nitrogen and oxygen atoms in total. The fourth-order valence-electron chi connectivity index (χ4n) is 1.31. The van der Waals surface area contributed by atoms with Gasteiger partial charge in [0.05, 0.1) is 5.66 Å². The molecule has 0 unspecified atom stereocenters. The molecule has 0 radical (unpaired) electrons. The van der Waals surface area contributed by atoms with E-state index in [1.165, 1.54) is 12.8 Å². The highest BCUT2D eigenvalue weighted by Gasteiger charge is 2.30. The zero-order valence-corrected chi connectivity index (χ0v) is 5.48. The Bertz CT molecular complexity index is 81.0. The lowest BCUT2D eigenvalue weighted by molar-refractivity contribution is 0.269. The van der Waals surface area contributed by atoms with Gasteiger partial charge in [-0.05, 0) is 12.8 Å². The van der Waals surface area contributed by atoms with Crippen molar-refractivity contribution < 1.29 is 0 Å². The van der Waals surface area contributed by atoms with Crippen molar-refractivity contribution in [2.45, 2.75) is 31.3 Å². The number of nitrogens with two attached hydrogens (primary N) is 2. The SMILES string of the molecule is NNC1(NN)CCCC1. The Morgan fingerprint density at radius 1 is 1.00 bits per heavy atom. The van der Waals surface area contributed by atoms with Crippen LogP contribution >= 0.6 is 0 Å². The maximum atomic E-state index is 5.29. The summed E-state index contributed by atoms with van der Waals surface area (Å²) in [5.41, 5.74) is 5.22. The molecule has 9 heavy (non-hydrogen) atoms. The fourth-order valence-corrected chi connectivity index (χ4v) is 1.31. The summed E-state index contributed by atoms with van der Waals surface area (Å²) in [5, 5.41) is 0. The Balaban J connectivity index is 2.45. The van der Waals surface area contributed by atoms with Crippen LogP contribution in [0.2, 0.25) is 0 Å². The van der Waals surface area contributed by atoms with E-state index in [-0.39, 0.29) is 5.66 Å². The molecule has 4 heteroatoms. The summed E-state index contributed by atoms with van der Waals surface area (Å²) in [4.78, 5) is 0. The highest BCUT2D eigenvalue weighted by molar-refractivity contribution is 4.85. The summed E-state index contributed by atoms with van der Waals surface area (Å²) in [6.45, 7) is 0. The van der Waals surface area contributed by atoms with Gasteiger partial charge in [0.1, 0.15) is 0 Å². The molecule has 1 aliphatic rings. The minimum absolute atomic E-state index is 0.167. The molecule has 1 aliphatic carbocycles. The molecule has 0 saturated heterocycles. The Kier molecular flexibility index (Phi) is 2.02. The van der Waals surface area contributed by atoms with Gasteiger partial charge in [-0.1, -0.05) is 12.8 Å². The molecule has 0 spiro atoms. The highest BCUT2D eigenvalue weighted by atomic mass is 15.4. The average molecular weight is 130 g/mol. The maximum Gasteiger partial charge on any atom is 0.0937 e. The largest absolute Gasteiger partial charge is 0.270 e. The average Bonchev–Trinajstić information content (AvgIpc) is 2.36. The lowest BCUT2D eigenvalue weighted by Gasteiger charge is -2.26. The van der Waals surface area contributed by atoms with Crippen LogP contribution in [0.15, 0.2) is 0 Å². The van der Waals surface area contributed by atoms with Crippen LogP contribution in [0.1, 0.15) is 25.7 Å². The zero-order chi connectivity index (χ0) is 6.74. The molecule has 6 N–H and O–H groups in total. The molecular weight excluding hydrogens is 116 g/mol. The van der Waals surface area contributed by atoms with Gasteiger partial charge in [0.2, 0.25) is 0 Å². The van der Waals surface area contributed by atoms with Gasteiger partial charge in [-0.25, -0.2) is 10.9 Å². The number of hydrogen-bond donors (Lipinski definition) is 4. The first-order valence-corrected chi connectivity index (χ1v) is 3.28. The van der Waals surface area contributed by atoms with Crippen LogP contribution in [0.25, 0.3) is 0 Å². The molecule has 0 heterocycles. The Morgan fingerprint density at radius 2 is 1.44 bits per heavy atom. The van der Waals surface area contributed by atoms with E-state index >= 15 is 0 Å². The normalized spacial score (nSPS) is 24.7. The van der Waals surface area contributed by atoms with Gasteiger partial charge in [-0.2, -0.15) is 0 Å². The molecule has 0 aromatic carbocycles. The summed E-state index contributed by atoms with van der Waals surface area (Å²) in [5.74, 6) is 10.6. The van der Waals surface area contributed by atoms with E-state index in [2.05, 4.69) is 10.9 Å². The van der Waals surface area contributed by atoms with Crippen LogP contribution in [0.5, 0.6) is 0 Å². The molecule has 0 amide bonds. The van der Waals surface area contributed by atoms with Crippen molar-refractivity contribution in [1.82, 2.24) is 10.9 Å². The lowest BCUT2D eigenvalue weighted by atomic mass is 10.1. The first kappa shape index (κ1) is 6.95. The van der Waals surface area contributed by atoms with E-state index in [9.17, 15) is 0 Å². The molecule has 0 atom stereocenters. The second-order valence-electron chi connectivity index (χ2n) is 2.58. The highest BCUT2D eigenvalue weighted by Crippen LogP contribution is 2.24. The van der Waals surface area contributed by atoms with Crippen molar-refractivity contribution in [3.63, 3.8) is 0 Å². The van der Waals surface area contributed by atoms with Crippen LogP contribution < -0.4 is 22.5 Å². The monoisotopic (exact) mass is 130 g/mol. The van der Waals surface area contributed by atoms with E-state index in [0.29, 0.717) is 0 Å². The van der Waals surface area contributed by atoms with E-state index in [4.69, 9.17) is 11.7 Å². The zero-order valence-electron chi connectivity index (χ0n) is 5.48. The van der Waals surface area contributed by atoms with E-state index in [1.54, 1.807) is 0 Å². The summed E-state index contributed by atoms with van der Waals surface area (Å²) < 4.78 is 0. The number of nitrogens with one attached hydrogen (secondary N) is 2. The third-order valence-electron chi connectivity index (χ3n) is 2.01. The van der Waals surface area contributed by atoms with Crippen LogP contribution in [0.3, 0.4) is 0 Å². The van der Waals surface area contributed by atoms with Crippen molar-refractivity contribution in [1.29, 1.82) is 0 Å². The van der Waals surface area contributed by atoms with E-state index < -0.39 is 0 Å². The first-order chi connectivity index (χ1) is 4.33. The molecule has 1 fully saturated rings. The van der Waals surface area contributed by atoms with Gasteiger partial charge in [0.15, 0.2) is 0 Å². The van der Waals surface area contributed by atoms with E-state index in [1.807, 2.05) is 0 Å². The van der Waals surface area contributed by atoms with Crippen molar-refractivity contribution in [2.24, 2.45) is 11.7 Å². The summed E-state index contributed by atoms with van der Waals surface area (Å²) in [7, 11) is 0. The van der Waals surface area contributed by atoms with Crippen LogP contribution in [-0.4, -0.2) is 5.66 Å². The minimum atomic E-state index is -0.167. The number of rotatable bonds is 2. The topological polar surface area (TPSA) is 76.1 Å². The standard InChI is InChI=1S/C5H14N4/c6-8-5(9-7)3-1-2-4-5/h8-9H,1-4,6-7H2. The third-order valence-corrected chi connectivity index (χ3v) is 2.01. The van der Waals surface area contributed by atoms with Gasteiger partial charge in [-0.3, -0.25) is 11.7 Å². The molecule has 1 rings (SSSR count). The van der Waals surface area contributed by atoms with Gasteiger partial charge < -0.3 is 0 Å². The number of hydrazine groups is 2. The maximum absolute atomic E-state index is 5.29. The van der Waals surface area contributed by atoms with Crippen molar-refractivity contribution in [3.05, 3.63) is 0 Å². The van der Waals surface area contributed by atoms with Gasteiger partial charge in [0.25, 0.3) is 0 Å². The summed E-state index contributed by atoms with van der Waals surface area (Å²) >= 11 is 0. The molecule has 0 aromatic rings. The van der Waals surface area contributed by atoms with Crippen LogP contribution in [0.4, 0.5) is 0 Å². The van der Waals surface area contributed by atoms with Crippen LogP contribution in [0, 0.1) is 0 Å². The quantitative estimate of drug-likeness (QED) is 0.224. The van der Waals surface area contributed by atoms with Crippen molar-refractivity contribution in [3.8, 4) is 0 Å². The molecule has 0 bridgehead atoms. The second-order valence-corrected chi connectivity index (χ2v) is 2.58. The van der Waals surface area contributed by atoms with Crippen molar-refractivity contribution >= 4 is 0 Å². The van der Waals surface area contributed by atoms with Gasteiger partial charge in [0, 0.05) is 0 Å². The van der Waals surface area contributed by atoms with E-state index in [0.717, 1.165) is 12.8 Å². The van der Waals surface area contributed by atoms with Gasteiger partial charge >= 0.3 is 0 Å². The predicted octanol–water partition coefficient (Wildman–Crippen LogP) is -0.817. The Morgan fingerprint density at radius 3 is 1.67 bits per heavy atom. The first-order valence-electron chi connectivity index (χ1n) is 3.28. The Hall–Kier alpha value is -0.160. The van der Waals surface area contributed by atoms with Crippen molar-refractivity contribution in [2.75, 3.05) is 0 Å². The molecule has 1 saturated carbocycles. The minimum Gasteiger partial charge on any atom is -0.270 e. The Labute approximate surface area is 54.9 Å². The summed E-state index contributed by atoms with van der Waals surface area (Å²) in [6, 6.07) is 0. The van der Waals surface area contributed by atoms with Crippen LogP contribution in [-0.2, 0) is 0 Å².